The Morgan fingerprint density at radius 2 is 2.18 bits per heavy atom. The number of hydrogen-bond donors (Lipinski definition) is 2. The molecule has 0 radical (unpaired) electrons. The molecule has 0 bridgehead atoms. The Balaban J connectivity index is 2.48. The molecule has 2 aromatic rings. The number of H-pyrrole nitrogens is 1. The SMILES string of the molecule is N#CCc1c[nH]c2ccc(CS(N)(=O)=O)cc12. The topological polar surface area (TPSA) is 99.7 Å². The summed E-state index contributed by atoms with van der Waals surface area (Å²) in [7, 11) is -3.53. The predicted octanol–water partition coefficient (Wildman–Crippen LogP) is 1.02. The lowest BCUT2D eigenvalue weighted by molar-refractivity contribution is 0.597. The Hall–Kier alpha value is -1.84. The van der Waals surface area contributed by atoms with E-state index >= 15 is 0 Å². The lowest BCUT2D eigenvalue weighted by Crippen LogP contribution is -2.14. The maximum atomic E-state index is 11.0. The van der Waals surface area contributed by atoms with E-state index in [0.29, 0.717) is 12.0 Å². The van der Waals surface area contributed by atoms with Crippen LogP contribution in [0, 0.1) is 11.3 Å². The van der Waals surface area contributed by atoms with Crippen molar-refractivity contribution in [2.45, 2.75) is 12.2 Å². The number of aromatic amines is 1. The third kappa shape index (κ3) is 2.64. The number of benzene rings is 1. The summed E-state index contributed by atoms with van der Waals surface area (Å²) < 4.78 is 22.0. The number of primary sulfonamides is 1. The van der Waals surface area contributed by atoms with E-state index in [1.807, 2.05) is 0 Å². The van der Waals surface area contributed by atoms with Gasteiger partial charge in [-0.05, 0) is 23.3 Å². The van der Waals surface area contributed by atoms with Crippen molar-refractivity contribution in [3.63, 3.8) is 0 Å². The van der Waals surface area contributed by atoms with E-state index in [2.05, 4.69) is 11.1 Å². The summed E-state index contributed by atoms with van der Waals surface area (Å²) in [6.07, 6.45) is 2.05. The molecule has 3 N–H and O–H groups in total. The van der Waals surface area contributed by atoms with Crippen LogP contribution >= 0.6 is 0 Å². The van der Waals surface area contributed by atoms with E-state index in [-0.39, 0.29) is 5.75 Å². The van der Waals surface area contributed by atoms with Crippen LogP contribution in [0.4, 0.5) is 0 Å². The van der Waals surface area contributed by atoms with Gasteiger partial charge < -0.3 is 4.98 Å². The molecule has 1 aromatic carbocycles. The van der Waals surface area contributed by atoms with Crippen molar-refractivity contribution < 1.29 is 8.42 Å². The third-order valence-corrected chi connectivity index (χ3v) is 3.20. The van der Waals surface area contributed by atoms with E-state index in [0.717, 1.165) is 16.5 Å². The van der Waals surface area contributed by atoms with Crippen LogP contribution in [0.15, 0.2) is 24.4 Å². The van der Waals surface area contributed by atoms with Gasteiger partial charge in [-0.25, -0.2) is 13.6 Å². The predicted molar refractivity (Wildman–Crippen MR) is 64.4 cm³/mol. The molecule has 0 fully saturated rings. The van der Waals surface area contributed by atoms with Crippen molar-refractivity contribution in [1.82, 2.24) is 4.98 Å². The van der Waals surface area contributed by atoms with E-state index < -0.39 is 10.0 Å². The Bertz CT molecular complexity index is 695. The van der Waals surface area contributed by atoms with Gasteiger partial charge in [-0.2, -0.15) is 5.26 Å². The maximum Gasteiger partial charge on any atom is 0.213 e. The highest BCUT2D eigenvalue weighted by Crippen LogP contribution is 2.20. The molecule has 1 aromatic heterocycles. The van der Waals surface area contributed by atoms with E-state index in [1.165, 1.54) is 0 Å². The minimum atomic E-state index is -3.53. The molecule has 0 saturated heterocycles. The molecule has 0 aliphatic rings. The Kier molecular flexibility index (Phi) is 2.88. The largest absolute Gasteiger partial charge is 0.361 e. The molecule has 2 rings (SSSR count). The van der Waals surface area contributed by atoms with Crippen molar-refractivity contribution in [1.29, 1.82) is 5.26 Å². The van der Waals surface area contributed by atoms with Gasteiger partial charge in [-0.3, -0.25) is 0 Å². The molecule has 0 spiro atoms. The van der Waals surface area contributed by atoms with Gasteiger partial charge in [0.15, 0.2) is 0 Å². The van der Waals surface area contributed by atoms with Gasteiger partial charge in [0.2, 0.25) is 10.0 Å². The second kappa shape index (κ2) is 4.20. The number of sulfonamides is 1. The highest BCUT2D eigenvalue weighted by molar-refractivity contribution is 7.88. The van der Waals surface area contributed by atoms with Gasteiger partial charge >= 0.3 is 0 Å². The average molecular weight is 249 g/mol. The fraction of sp³-hybridized carbons (Fsp3) is 0.182. The highest BCUT2D eigenvalue weighted by atomic mass is 32.2. The lowest BCUT2D eigenvalue weighted by Gasteiger charge is -2.00. The van der Waals surface area contributed by atoms with Crippen LogP contribution < -0.4 is 5.14 Å². The summed E-state index contributed by atoms with van der Waals surface area (Å²) in [6.45, 7) is 0. The average Bonchev–Trinajstić information content (AvgIpc) is 2.59. The third-order valence-electron chi connectivity index (χ3n) is 2.47. The van der Waals surface area contributed by atoms with Crippen molar-refractivity contribution in [2.75, 3.05) is 0 Å². The molecular formula is C11H11N3O2S. The molecule has 0 atom stereocenters. The van der Waals surface area contributed by atoms with Gasteiger partial charge in [0.25, 0.3) is 0 Å². The summed E-state index contributed by atoms with van der Waals surface area (Å²) in [5.41, 5.74) is 2.37. The van der Waals surface area contributed by atoms with Crippen LogP contribution in [0.1, 0.15) is 11.1 Å². The molecule has 0 amide bonds. The molecule has 0 aliphatic heterocycles. The number of nitrogens with one attached hydrogen (secondary N) is 1. The molecule has 5 nitrogen and oxygen atoms in total. The summed E-state index contributed by atoms with van der Waals surface area (Å²) in [5, 5.41) is 14.5. The normalized spacial score (nSPS) is 11.5. The van der Waals surface area contributed by atoms with Crippen molar-refractivity contribution >= 4 is 20.9 Å². The molecule has 88 valence electrons. The fourth-order valence-electron chi connectivity index (χ4n) is 1.78. The number of nitrogens with two attached hydrogens (primary N) is 1. The zero-order valence-electron chi connectivity index (χ0n) is 8.97. The van der Waals surface area contributed by atoms with Gasteiger partial charge in [-0.1, -0.05) is 6.07 Å². The Morgan fingerprint density at radius 3 is 2.82 bits per heavy atom. The van der Waals surface area contributed by atoms with Gasteiger partial charge in [0.05, 0.1) is 18.2 Å². The second-order valence-corrected chi connectivity index (χ2v) is 5.45. The first-order valence-corrected chi connectivity index (χ1v) is 6.67. The minimum Gasteiger partial charge on any atom is -0.361 e. The first kappa shape index (κ1) is 11.6. The van der Waals surface area contributed by atoms with Crippen molar-refractivity contribution in [3.8, 4) is 6.07 Å². The molecule has 1 heterocycles. The number of fused-ring (bicyclic) bond motifs is 1. The van der Waals surface area contributed by atoms with Crippen LogP contribution in [0.2, 0.25) is 0 Å². The van der Waals surface area contributed by atoms with Crippen LogP contribution in [0.5, 0.6) is 0 Å². The van der Waals surface area contributed by atoms with Gasteiger partial charge in [-0.15, -0.1) is 0 Å². The first-order valence-electron chi connectivity index (χ1n) is 4.96. The van der Waals surface area contributed by atoms with Crippen LogP contribution in [-0.4, -0.2) is 13.4 Å². The molecule has 0 aliphatic carbocycles. The zero-order valence-corrected chi connectivity index (χ0v) is 9.79. The Labute approximate surface area is 98.9 Å². The van der Waals surface area contributed by atoms with Crippen LogP contribution in [-0.2, 0) is 22.2 Å². The molecule has 0 unspecified atom stereocenters. The number of hydrogen-bond acceptors (Lipinski definition) is 3. The van der Waals surface area contributed by atoms with Crippen molar-refractivity contribution in [2.24, 2.45) is 5.14 Å². The summed E-state index contributed by atoms with van der Waals surface area (Å²) in [6, 6.07) is 7.32. The van der Waals surface area contributed by atoms with Crippen molar-refractivity contribution in [3.05, 3.63) is 35.5 Å². The smallest absolute Gasteiger partial charge is 0.213 e. The fourth-order valence-corrected chi connectivity index (χ4v) is 2.42. The van der Waals surface area contributed by atoms with Crippen LogP contribution in [0.25, 0.3) is 10.9 Å². The molecule has 17 heavy (non-hydrogen) atoms. The van der Waals surface area contributed by atoms with Gasteiger partial charge in [0.1, 0.15) is 0 Å². The van der Waals surface area contributed by atoms with E-state index in [9.17, 15) is 8.42 Å². The number of nitriles is 1. The number of nitrogens with zero attached hydrogens (tertiary/aromatic N) is 1. The minimum absolute atomic E-state index is 0.194. The maximum absolute atomic E-state index is 11.0. The number of aromatic nitrogens is 1. The molecular weight excluding hydrogens is 238 g/mol. The highest BCUT2D eigenvalue weighted by Gasteiger charge is 2.08. The summed E-state index contributed by atoms with van der Waals surface area (Å²) in [5.74, 6) is -0.194. The van der Waals surface area contributed by atoms with Crippen LogP contribution in [0.3, 0.4) is 0 Å². The Morgan fingerprint density at radius 1 is 1.41 bits per heavy atom. The summed E-state index contributed by atoms with van der Waals surface area (Å²) >= 11 is 0. The monoisotopic (exact) mass is 249 g/mol. The lowest BCUT2D eigenvalue weighted by atomic mass is 10.1. The van der Waals surface area contributed by atoms with E-state index in [4.69, 9.17) is 10.4 Å². The first-order chi connectivity index (χ1) is 7.99. The quantitative estimate of drug-likeness (QED) is 0.849. The molecule has 6 heteroatoms. The zero-order chi connectivity index (χ0) is 12.5. The van der Waals surface area contributed by atoms with Gasteiger partial charge in [0, 0.05) is 17.1 Å². The summed E-state index contributed by atoms with van der Waals surface area (Å²) in [4.78, 5) is 3.03. The standard InChI is InChI=1S/C11H11N3O2S/c12-4-3-9-6-14-11-2-1-8(5-10(9)11)7-17(13,15)16/h1-2,5-6,14H,3,7H2,(H2,13,15,16). The number of rotatable bonds is 3. The second-order valence-electron chi connectivity index (χ2n) is 3.84. The van der Waals surface area contributed by atoms with E-state index in [1.54, 1.807) is 24.4 Å². The molecule has 0 saturated carbocycles.